The Hall–Kier alpha value is -1.30. The van der Waals surface area contributed by atoms with Gasteiger partial charge in [0.05, 0.1) is 5.57 Å². The monoisotopic (exact) mass is 269 g/mol. The van der Waals surface area contributed by atoms with Crippen LogP contribution in [0.4, 0.5) is 0 Å². The van der Waals surface area contributed by atoms with Crippen molar-refractivity contribution in [1.82, 2.24) is 4.90 Å². The Labute approximate surface area is 109 Å². The summed E-state index contributed by atoms with van der Waals surface area (Å²) in [7, 11) is 0. The van der Waals surface area contributed by atoms with Gasteiger partial charge in [-0.2, -0.15) is 0 Å². The van der Waals surface area contributed by atoms with E-state index < -0.39 is 16.8 Å². The summed E-state index contributed by atoms with van der Waals surface area (Å²) in [6.07, 6.45) is 0. The fraction of sp³-hybridized carbons (Fsp3) is 0.583. The van der Waals surface area contributed by atoms with Gasteiger partial charge in [0.1, 0.15) is 11.4 Å². The number of carbonyl (C=O) groups is 3. The molecule has 0 aliphatic carbocycles. The highest BCUT2D eigenvalue weighted by atomic mass is 32.2. The molecule has 0 aromatic rings. The van der Waals surface area contributed by atoms with Crippen LogP contribution in [0.3, 0.4) is 0 Å². The van der Waals surface area contributed by atoms with Crippen molar-refractivity contribution in [1.29, 1.82) is 0 Å². The molecule has 0 saturated carbocycles. The molecular weight excluding hydrogens is 254 g/mol. The van der Waals surface area contributed by atoms with E-state index in [1.807, 2.05) is 13.8 Å². The van der Waals surface area contributed by atoms with Crippen LogP contribution in [0.5, 0.6) is 0 Å². The SMILES string of the molecule is CC(=O)/C(C)=C1/C(=O)N2C1SC(C)(C)[C@@H]2C(=O)O. The second kappa shape index (κ2) is 3.85. The topological polar surface area (TPSA) is 74.7 Å². The van der Waals surface area contributed by atoms with Crippen LogP contribution in [-0.2, 0) is 14.4 Å². The Balaban J connectivity index is 2.42. The number of fused-ring (bicyclic) bond motifs is 1. The summed E-state index contributed by atoms with van der Waals surface area (Å²) in [6.45, 7) is 6.65. The van der Waals surface area contributed by atoms with E-state index >= 15 is 0 Å². The Morgan fingerprint density at radius 3 is 2.33 bits per heavy atom. The molecule has 0 aromatic carbocycles. The lowest BCUT2D eigenvalue weighted by Gasteiger charge is -2.39. The van der Waals surface area contributed by atoms with Gasteiger partial charge >= 0.3 is 5.97 Å². The Kier molecular flexibility index (Phi) is 2.81. The third-order valence-electron chi connectivity index (χ3n) is 3.48. The standard InChI is InChI=1S/C12H15NO4S/c1-5(6(2)14)7-9(15)13-8(11(16)17)12(3,4)18-10(7)13/h8,10H,1-4H3,(H,16,17)/b7-5-/t8-,10?/m0/s1. The van der Waals surface area contributed by atoms with Crippen LogP contribution in [0.15, 0.2) is 11.1 Å². The molecule has 0 aromatic heterocycles. The second-order valence-electron chi connectivity index (χ2n) is 5.12. The van der Waals surface area contributed by atoms with E-state index in [2.05, 4.69) is 0 Å². The average molecular weight is 269 g/mol. The smallest absolute Gasteiger partial charge is 0.327 e. The van der Waals surface area contributed by atoms with Gasteiger partial charge in [0.2, 0.25) is 0 Å². The van der Waals surface area contributed by atoms with Gasteiger partial charge < -0.3 is 10.0 Å². The van der Waals surface area contributed by atoms with Gasteiger partial charge in [0.25, 0.3) is 5.91 Å². The maximum atomic E-state index is 12.0. The van der Waals surface area contributed by atoms with E-state index in [-0.39, 0.29) is 17.1 Å². The number of hydrogen-bond donors (Lipinski definition) is 1. The quantitative estimate of drug-likeness (QED) is 0.599. The van der Waals surface area contributed by atoms with E-state index in [9.17, 15) is 19.5 Å². The summed E-state index contributed by atoms with van der Waals surface area (Å²) < 4.78 is -0.551. The highest BCUT2D eigenvalue weighted by Crippen LogP contribution is 2.53. The largest absolute Gasteiger partial charge is 0.480 e. The summed E-state index contributed by atoms with van der Waals surface area (Å²) in [4.78, 5) is 36.0. The summed E-state index contributed by atoms with van der Waals surface area (Å²) in [5, 5.41) is 8.94. The lowest BCUT2D eigenvalue weighted by molar-refractivity contribution is -0.152. The van der Waals surface area contributed by atoms with Crippen molar-refractivity contribution in [2.45, 2.75) is 43.9 Å². The number of hydrogen-bond acceptors (Lipinski definition) is 4. The molecule has 1 N–H and O–H groups in total. The van der Waals surface area contributed by atoms with E-state index in [0.29, 0.717) is 11.1 Å². The van der Waals surface area contributed by atoms with E-state index in [4.69, 9.17) is 0 Å². The van der Waals surface area contributed by atoms with Gasteiger partial charge in [-0.15, -0.1) is 11.8 Å². The zero-order valence-corrected chi connectivity index (χ0v) is 11.5. The molecule has 2 fully saturated rings. The van der Waals surface area contributed by atoms with E-state index in [0.717, 1.165) is 0 Å². The van der Waals surface area contributed by atoms with Gasteiger partial charge in [-0.25, -0.2) is 4.79 Å². The number of ketones is 1. The van der Waals surface area contributed by atoms with Crippen LogP contribution in [-0.4, -0.2) is 43.8 Å². The Bertz CT molecular complexity index is 494. The molecular formula is C12H15NO4S. The number of carboxylic acid groups (broad SMARTS) is 1. The summed E-state index contributed by atoms with van der Waals surface area (Å²) >= 11 is 1.43. The van der Waals surface area contributed by atoms with Gasteiger partial charge in [-0.3, -0.25) is 9.59 Å². The van der Waals surface area contributed by atoms with Crippen LogP contribution in [0.1, 0.15) is 27.7 Å². The number of β-lactam (4-membered cyclic amide) rings is 1. The molecule has 0 spiro atoms. The summed E-state index contributed by atoms with van der Waals surface area (Å²) in [5.41, 5.74) is 0.903. The zero-order chi connectivity index (χ0) is 13.8. The van der Waals surface area contributed by atoms with Gasteiger partial charge in [-0.1, -0.05) is 0 Å². The number of rotatable bonds is 2. The van der Waals surface area contributed by atoms with Crippen LogP contribution in [0, 0.1) is 0 Å². The second-order valence-corrected chi connectivity index (χ2v) is 6.86. The molecule has 98 valence electrons. The maximum Gasteiger partial charge on any atom is 0.327 e. The Morgan fingerprint density at radius 2 is 1.89 bits per heavy atom. The minimum Gasteiger partial charge on any atom is -0.480 e. The van der Waals surface area contributed by atoms with Crippen LogP contribution >= 0.6 is 11.8 Å². The average Bonchev–Trinajstić information content (AvgIpc) is 2.47. The zero-order valence-electron chi connectivity index (χ0n) is 10.7. The number of carboxylic acids is 1. The number of nitrogens with zero attached hydrogens (tertiary/aromatic N) is 1. The van der Waals surface area contributed by atoms with Crippen LogP contribution in [0.2, 0.25) is 0 Å². The normalized spacial score (nSPS) is 31.8. The fourth-order valence-corrected chi connectivity index (χ4v) is 4.08. The molecule has 0 radical (unpaired) electrons. The third kappa shape index (κ3) is 1.59. The molecule has 2 aliphatic rings. The highest BCUT2D eigenvalue weighted by molar-refractivity contribution is 8.01. The molecule has 6 heteroatoms. The molecule has 18 heavy (non-hydrogen) atoms. The minimum atomic E-state index is -0.997. The molecule has 5 nitrogen and oxygen atoms in total. The molecule has 2 heterocycles. The van der Waals surface area contributed by atoms with Crippen LogP contribution < -0.4 is 0 Å². The first-order valence-corrected chi connectivity index (χ1v) is 6.51. The van der Waals surface area contributed by atoms with Crippen LogP contribution in [0.25, 0.3) is 0 Å². The Morgan fingerprint density at radius 1 is 1.33 bits per heavy atom. The van der Waals surface area contributed by atoms with Gasteiger partial charge in [-0.05, 0) is 27.7 Å². The summed E-state index contributed by atoms with van der Waals surface area (Å²) in [6, 6.07) is -0.830. The van der Waals surface area contributed by atoms with E-state index in [1.165, 1.54) is 23.6 Å². The lowest BCUT2D eigenvalue weighted by atomic mass is 9.92. The predicted octanol–water partition coefficient (Wildman–Crippen LogP) is 1.04. The van der Waals surface area contributed by atoms with Crippen molar-refractivity contribution in [3.8, 4) is 0 Å². The number of Topliss-reactive ketones (excluding diaryl/α,β-unsaturated/α-hetero) is 1. The fourth-order valence-electron chi connectivity index (χ4n) is 2.43. The highest BCUT2D eigenvalue weighted by Gasteiger charge is 2.61. The van der Waals surface area contributed by atoms with Crippen molar-refractivity contribution in [2.75, 3.05) is 0 Å². The van der Waals surface area contributed by atoms with Crippen molar-refractivity contribution in [3.63, 3.8) is 0 Å². The summed E-state index contributed by atoms with van der Waals surface area (Å²) in [5.74, 6) is -1.46. The number of amides is 1. The molecule has 2 aliphatic heterocycles. The van der Waals surface area contributed by atoms with Gasteiger partial charge in [0.15, 0.2) is 5.78 Å². The minimum absolute atomic E-state index is 0.143. The third-order valence-corrected chi connectivity index (χ3v) is 5.00. The first-order valence-electron chi connectivity index (χ1n) is 5.63. The number of carbonyl (C=O) groups excluding carboxylic acids is 2. The molecule has 1 amide bonds. The predicted molar refractivity (Wildman–Crippen MR) is 67.1 cm³/mol. The molecule has 2 atom stereocenters. The van der Waals surface area contributed by atoms with Crippen molar-refractivity contribution in [2.24, 2.45) is 0 Å². The molecule has 2 saturated heterocycles. The first-order chi connectivity index (χ1) is 8.18. The van der Waals surface area contributed by atoms with Crippen molar-refractivity contribution >= 4 is 29.4 Å². The molecule has 2 rings (SSSR count). The number of thioether (sulfide) groups is 1. The van der Waals surface area contributed by atoms with E-state index in [1.54, 1.807) is 6.92 Å². The van der Waals surface area contributed by atoms with Crippen molar-refractivity contribution < 1.29 is 19.5 Å². The first kappa shape index (κ1) is 13.1. The lowest BCUT2D eigenvalue weighted by Crippen LogP contribution is -2.59. The number of allylic oxidation sites excluding steroid dienone is 1. The van der Waals surface area contributed by atoms with Gasteiger partial charge in [0, 0.05) is 10.3 Å². The maximum absolute atomic E-state index is 12.0. The number of aliphatic carboxylic acids is 1. The molecule has 0 bridgehead atoms. The molecule has 1 unspecified atom stereocenters. The van der Waals surface area contributed by atoms with Crippen molar-refractivity contribution in [3.05, 3.63) is 11.1 Å².